The van der Waals surface area contributed by atoms with E-state index in [0.29, 0.717) is 13.3 Å². The fraction of sp³-hybridized carbons (Fsp3) is 0.476. The predicted molar refractivity (Wildman–Crippen MR) is 120 cm³/mol. The van der Waals surface area contributed by atoms with Crippen LogP contribution < -0.4 is 11.3 Å². The van der Waals surface area contributed by atoms with E-state index in [9.17, 15) is 4.79 Å². The van der Waals surface area contributed by atoms with Gasteiger partial charge in [0.2, 0.25) is 0 Å². The lowest BCUT2D eigenvalue weighted by Gasteiger charge is -2.17. The highest BCUT2D eigenvalue weighted by molar-refractivity contribution is 6.76. The summed E-state index contributed by atoms with van der Waals surface area (Å²) >= 11 is 0. The molecule has 0 aliphatic heterocycles. The van der Waals surface area contributed by atoms with Gasteiger partial charge >= 0.3 is 0 Å². The van der Waals surface area contributed by atoms with Gasteiger partial charge in [-0.3, -0.25) is 4.79 Å². The highest BCUT2D eigenvalue weighted by Gasteiger charge is 2.17. The number of rotatable bonds is 9. The van der Waals surface area contributed by atoms with Crippen molar-refractivity contribution >= 4 is 24.8 Å². The van der Waals surface area contributed by atoms with Gasteiger partial charge in [-0.15, -0.1) is 0 Å². The number of aromatic nitrogens is 4. The summed E-state index contributed by atoms with van der Waals surface area (Å²) < 4.78 is 9.79. The van der Waals surface area contributed by atoms with Crippen molar-refractivity contribution in [3.05, 3.63) is 52.5 Å². The molecular formula is C21H31N5O2Si. The molecule has 3 rings (SSSR count). The molecule has 0 spiro atoms. The van der Waals surface area contributed by atoms with Crippen LogP contribution in [0, 0.1) is 0 Å². The molecule has 0 amide bonds. The Labute approximate surface area is 172 Å². The number of hydrogen-bond donors (Lipinski definition) is 1. The second kappa shape index (κ2) is 8.92. The molecular weight excluding hydrogens is 382 g/mol. The van der Waals surface area contributed by atoms with Gasteiger partial charge in [0.15, 0.2) is 0 Å². The van der Waals surface area contributed by atoms with Gasteiger partial charge in [0, 0.05) is 26.6 Å². The Morgan fingerprint density at radius 3 is 2.76 bits per heavy atom. The molecule has 0 aliphatic carbocycles. The number of aryl methyl sites for hydroxylation is 1. The maximum Gasteiger partial charge on any atom is 0.274 e. The van der Waals surface area contributed by atoms with Crippen molar-refractivity contribution in [3.63, 3.8) is 0 Å². The first-order valence-electron chi connectivity index (χ1n) is 10.1. The normalized spacial score (nSPS) is 12.0. The molecule has 3 aromatic rings. The number of nitrogen functional groups attached to an aromatic ring is 1. The maximum absolute atomic E-state index is 12.4. The summed E-state index contributed by atoms with van der Waals surface area (Å²) in [4.78, 5) is 21.4. The highest BCUT2D eigenvalue weighted by atomic mass is 28.3. The second-order valence-electron chi connectivity index (χ2n) is 8.61. The molecule has 0 bridgehead atoms. The Hall–Kier alpha value is -2.45. The maximum atomic E-state index is 12.4. The summed E-state index contributed by atoms with van der Waals surface area (Å²) in [5, 5.41) is 0. The fourth-order valence-corrected chi connectivity index (χ4v) is 4.05. The van der Waals surface area contributed by atoms with E-state index < -0.39 is 8.07 Å². The smallest absolute Gasteiger partial charge is 0.274 e. The molecule has 0 radical (unpaired) electrons. The summed E-state index contributed by atoms with van der Waals surface area (Å²) in [7, 11) is -1.16. The molecule has 0 atom stereocenters. The minimum absolute atomic E-state index is 0.191. The van der Waals surface area contributed by atoms with Gasteiger partial charge in [0.05, 0.1) is 29.0 Å². The van der Waals surface area contributed by atoms with Gasteiger partial charge in [-0.25, -0.2) is 9.97 Å². The minimum Gasteiger partial charge on any atom is -0.394 e. The number of ether oxygens (including phenoxy) is 1. The second-order valence-corrected chi connectivity index (χ2v) is 14.2. The Kier molecular flexibility index (Phi) is 6.54. The summed E-state index contributed by atoms with van der Waals surface area (Å²) in [6, 6.07) is 6.54. The fourth-order valence-electron chi connectivity index (χ4n) is 3.30. The van der Waals surface area contributed by atoms with Crippen molar-refractivity contribution in [2.45, 2.75) is 58.7 Å². The summed E-state index contributed by atoms with van der Waals surface area (Å²) in [6.45, 7) is 10.7. The minimum atomic E-state index is -1.16. The molecule has 0 unspecified atom stereocenters. The van der Waals surface area contributed by atoms with E-state index in [2.05, 4.69) is 41.1 Å². The lowest BCUT2D eigenvalue weighted by atomic mass is 10.2. The van der Waals surface area contributed by atoms with E-state index in [4.69, 9.17) is 10.5 Å². The molecule has 0 aromatic carbocycles. The molecule has 29 heavy (non-hydrogen) atoms. The number of nitrogens with zero attached hydrogens (tertiary/aromatic N) is 4. The van der Waals surface area contributed by atoms with Gasteiger partial charge < -0.3 is 19.6 Å². The average molecular weight is 414 g/mol. The standard InChI is InChI=1S/C21H31N5O2Si/c1-5-7-18-20-19(24-14-23-18)12-16(13-25-9-6-8-17(22)21(25)27)26(20)15-28-10-11-29(2,3)4/h6,8-9,12,14H,5,7,10-11,13,15,22H2,1-4H3. The van der Waals surface area contributed by atoms with E-state index >= 15 is 0 Å². The van der Waals surface area contributed by atoms with Crippen LogP contribution >= 0.6 is 0 Å². The average Bonchev–Trinajstić information content (AvgIpc) is 3.00. The number of nitrogens with two attached hydrogens (primary N) is 1. The van der Waals surface area contributed by atoms with Crippen LogP contribution in [0.4, 0.5) is 5.69 Å². The third kappa shape index (κ3) is 5.13. The van der Waals surface area contributed by atoms with Gasteiger partial charge in [0.25, 0.3) is 5.56 Å². The highest BCUT2D eigenvalue weighted by Crippen LogP contribution is 2.23. The first-order valence-corrected chi connectivity index (χ1v) is 13.9. The van der Waals surface area contributed by atoms with Crippen LogP contribution in [0.15, 0.2) is 35.5 Å². The largest absolute Gasteiger partial charge is 0.394 e. The number of anilines is 1. The van der Waals surface area contributed by atoms with Crippen LogP contribution in [0.5, 0.6) is 0 Å². The van der Waals surface area contributed by atoms with Crippen LogP contribution in [-0.4, -0.2) is 33.8 Å². The molecule has 3 heterocycles. The van der Waals surface area contributed by atoms with E-state index in [1.54, 1.807) is 29.2 Å². The molecule has 0 aliphatic rings. The van der Waals surface area contributed by atoms with Crippen molar-refractivity contribution in [3.8, 4) is 0 Å². The van der Waals surface area contributed by atoms with Crippen molar-refractivity contribution in [2.24, 2.45) is 0 Å². The lowest BCUT2D eigenvalue weighted by molar-refractivity contribution is 0.0881. The molecule has 2 N–H and O–H groups in total. The number of pyridine rings is 1. The Bertz CT molecular complexity index is 1040. The van der Waals surface area contributed by atoms with E-state index in [-0.39, 0.29) is 11.2 Å². The predicted octanol–water partition coefficient (Wildman–Crippen LogP) is 3.49. The number of fused-ring (bicyclic) bond motifs is 1. The molecule has 0 saturated heterocycles. The van der Waals surface area contributed by atoms with Crippen molar-refractivity contribution in [1.29, 1.82) is 0 Å². The summed E-state index contributed by atoms with van der Waals surface area (Å²) in [5.41, 5.74) is 9.70. The van der Waals surface area contributed by atoms with Crippen LogP contribution in [0.2, 0.25) is 25.7 Å². The Balaban J connectivity index is 1.98. The lowest BCUT2D eigenvalue weighted by Crippen LogP contribution is -2.24. The molecule has 3 aromatic heterocycles. The summed E-state index contributed by atoms with van der Waals surface area (Å²) in [6.07, 6.45) is 5.24. The molecule has 7 nitrogen and oxygen atoms in total. The third-order valence-corrected chi connectivity index (χ3v) is 6.64. The zero-order valence-corrected chi connectivity index (χ0v) is 18.8. The molecule has 8 heteroatoms. The zero-order valence-electron chi connectivity index (χ0n) is 17.8. The number of hydrogen-bond acceptors (Lipinski definition) is 5. The van der Waals surface area contributed by atoms with Crippen LogP contribution in [0.1, 0.15) is 24.7 Å². The van der Waals surface area contributed by atoms with Crippen molar-refractivity contribution in [2.75, 3.05) is 12.3 Å². The first kappa shape index (κ1) is 21.3. The topological polar surface area (TPSA) is 88.0 Å². The molecule has 156 valence electrons. The molecule has 0 saturated carbocycles. The van der Waals surface area contributed by atoms with Gasteiger partial charge in [0.1, 0.15) is 13.1 Å². The van der Waals surface area contributed by atoms with Crippen molar-refractivity contribution in [1.82, 2.24) is 19.1 Å². The summed E-state index contributed by atoms with van der Waals surface area (Å²) in [5.74, 6) is 0. The Morgan fingerprint density at radius 2 is 2.03 bits per heavy atom. The van der Waals surface area contributed by atoms with E-state index in [1.165, 1.54) is 0 Å². The SMILES string of the molecule is CCCc1ncnc2cc(Cn3cccc(N)c3=O)n(COCC[Si](C)(C)C)c12. The van der Waals surface area contributed by atoms with Gasteiger partial charge in [-0.1, -0.05) is 33.0 Å². The van der Waals surface area contributed by atoms with Crippen LogP contribution in [-0.2, 0) is 24.4 Å². The van der Waals surface area contributed by atoms with Gasteiger partial charge in [-0.2, -0.15) is 0 Å². The Morgan fingerprint density at radius 1 is 1.24 bits per heavy atom. The van der Waals surface area contributed by atoms with E-state index in [0.717, 1.165) is 47.9 Å². The zero-order chi connectivity index (χ0) is 21.0. The monoisotopic (exact) mass is 413 g/mol. The molecule has 0 fully saturated rings. The third-order valence-electron chi connectivity index (χ3n) is 4.93. The van der Waals surface area contributed by atoms with E-state index in [1.807, 2.05) is 6.07 Å². The quantitative estimate of drug-likeness (QED) is 0.428. The first-order chi connectivity index (χ1) is 13.8. The van der Waals surface area contributed by atoms with Crippen LogP contribution in [0.3, 0.4) is 0 Å². The van der Waals surface area contributed by atoms with Crippen LogP contribution in [0.25, 0.3) is 11.0 Å². The van der Waals surface area contributed by atoms with Crippen molar-refractivity contribution < 1.29 is 4.74 Å². The van der Waals surface area contributed by atoms with Gasteiger partial charge in [-0.05, 0) is 30.7 Å².